The van der Waals surface area contributed by atoms with Crippen LogP contribution < -0.4 is 4.18 Å². The van der Waals surface area contributed by atoms with Gasteiger partial charge in [-0.15, -0.1) is 0 Å². The molecule has 3 aromatic rings. The lowest BCUT2D eigenvalue weighted by atomic mass is 10.3. The van der Waals surface area contributed by atoms with Crippen molar-refractivity contribution in [3.63, 3.8) is 0 Å². The highest BCUT2D eigenvalue weighted by Crippen LogP contribution is 2.32. The van der Waals surface area contributed by atoms with E-state index in [4.69, 9.17) is 0 Å². The Morgan fingerprint density at radius 2 is 1.96 bits per heavy atom. The SMILES string of the molecule is O=S(=O)(Oc1nc2cc(F)cc(Br)c2n2ccnc12)C(F)(F)F. The first-order valence-corrected chi connectivity index (χ1v) is 7.93. The van der Waals surface area contributed by atoms with E-state index in [2.05, 4.69) is 30.1 Å². The Morgan fingerprint density at radius 1 is 1.26 bits per heavy atom. The van der Waals surface area contributed by atoms with Gasteiger partial charge in [0.05, 0.1) is 11.0 Å². The summed E-state index contributed by atoms with van der Waals surface area (Å²) in [6.07, 6.45) is 2.55. The Hall–Kier alpha value is -1.95. The molecule has 1 aromatic carbocycles. The van der Waals surface area contributed by atoms with E-state index in [1.165, 1.54) is 16.8 Å². The monoisotopic (exact) mass is 413 g/mol. The van der Waals surface area contributed by atoms with E-state index in [9.17, 15) is 26.0 Å². The molecule has 2 aromatic heterocycles. The number of hydrogen-bond donors (Lipinski definition) is 0. The van der Waals surface area contributed by atoms with E-state index in [1.807, 2.05) is 0 Å². The van der Waals surface area contributed by atoms with Crippen LogP contribution in [0.5, 0.6) is 5.88 Å². The van der Waals surface area contributed by atoms with Crippen molar-refractivity contribution in [2.75, 3.05) is 0 Å². The van der Waals surface area contributed by atoms with E-state index in [1.54, 1.807) is 0 Å². The number of rotatable bonds is 2. The van der Waals surface area contributed by atoms with Gasteiger partial charge in [-0.1, -0.05) is 0 Å². The number of fused-ring (bicyclic) bond motifs is 3. The van der Waals surface area contributed by atoms with Gasteiger partial charge >= 0.3 is 15.6 Å². The lowest BCUT2D eigenvalue weighted by molar-refractivity contribution is -0.0500. The topological polar surface area (TPSA) is 73.6 Å². The van der Waals surface area contributed by atoms with E-state index < -0.39 is 27.3 Å². The smallest absolute Gasteiger partial charge is 0.351 e. The highest BCUT2D eigenvalue weighted by molar-refractivity contribution is 9.10. The van der Waals surface area contributed by atoms with Crippen LogP contribution >= 0.6 is 15.9 Å². The van der Waals surface area contributed by atoms with Crippen molar-refractivity contribution in [1.29, 1.82) is 0 Å². The molecule has 0 N–H and O–H groups in total. The maximum Gasteiger partial charge on any atom is 0.534 e. The zero-order valence-electron chi connectivity index (χ0n) is 10.7. The lowest BCUT2D eigenvalue weighted by Crippen LogP contribution is -2.28. The third kappa shape index (κ3) is 2.61. The van der Waals surface area contributed by atoms with Gasteiger partial charge in [0.25, 0.3) is 5.88 Å². The summed E-state index contributed by atoms with van der Waals surface area (Å²) in [5.41, 5.74) is -5.72. The molecular weight excluding hydrogens is 410 g/mol. The summed E-state index contributed by atoms with van der Waals surface area (Å²) in [7, 11) is -5.93. The summed E-state index contributed by atoms with van der Waals surface area (Å²) in [6.45, 7) is 0. The highest BCUT2D eigenvalue weighted by Gasteiger charge is 2.49. The Bertz CT molecular complexity index is 1030. The second kappa shape index (κ2) is 5.03. The molecule has 23 heavy (non-hydrogen) atoms. The highest BCUT2D eigenvalue weighted by atomic mass is 79.9. The molecule has 0 bridgehead atoms. The number of halogens is 5. The second-order valence-electron chi connectivity index (χ2n) is 4.28. The molecule has 0 radical (unpaired) electrons. The van der Waals surface area contributed by atoms with Crippen LogP contribution in [0.3, 0.4) is 0 Å². The Kier molecular flexibility index (Phi) is 3.48. The van der Waals surface area contributed by atoms with Crippen LogP contribution in [0.25, 0.3) is 16.7 Å². The summed E-state index contributed by atoms with van der Waals surface area (Å²) in [5, 5.41) is 0. The molecule has 0 aliphatic heterocycles. The van der Waals surface area contributed by atoms with E-state index in [0.29, 0.717) is 0 Å². The van der Waals surface area contributed by atoms with E-state index in [0.717, 1.165) is 12.1 Å². The van der Waals surface area contributed by atoms with Crippen molar-refractivity contribution >= 4 is 42.7 Å². The fraction of sp³-hybridized carbons (Fsp3) is 0.0909. The minimum atomic E-state index is -5.93. The van der Waals surface area contributed by atoms with Crippen LogP contribution in [0.15, 0.2) is 29.0 Å². The molecule has 0 atom stereocenters. The van der Waals surface area contributed by atoms with E-state index in [-0.39, 0.29) is 21.2 Å². The summed E-state index contributed by atoms with van der Waals surface area (Å²) in [6, 6.07) is 2.04. The van der Waals surface area contributed by atoms with E-state index >= 15 is 0 Å². The molecule has 0 fully saturated rings. The van der Waals surface area contributed by atoms with Crippen LogP contribution in [-0.4, -0.2) is 28.3 Å². The molecule has 3 rings (SSSR count). The minimum absolute atomic E-state index is 0.116. The van der Waals surface area contributed by atoms with Crippen LogP contribution in [0.2, 0.25) is 0 Å². The van der Waals surface area contributed by atoms with Gasteiger partial charge in [0.2, 0.25) is 5.65 Å². The number of aromatic nitrogens is 3. The predicted octanol–water partition coefficient (Wildman–Crippen LogP) is 3.01. The molecule has 0 saturated carbocycles. The molecule has 0 saturated heterocycles. The van der Waals surface area contributed by atoms with Crippen molar-refractivity contribution in [3.05, 3.63) is 34.8 Å². The van der Waals surface area contributed by atoms with Crippen LogP contribution in [0, 0.1) is 5.82 Å². The van der Waals surface area contributed by atoms with Gasteiger partial charge in [-0.25, -0.2) is 14.4 Å². The van der Waals surface area contributed by atoms with Crippen molar-refractivity contribution in [2.45, 2.75) is 5.51 Å². The Morgan fingerprint density at radius 3 is 2.61 bits per heavy atom. The average molecular weight is 414 g/mol. The van der Waals surface area contributed by atoms with Crippen molar-refractivity contribution in [1.82, 2.24) is 14.4 Å². The molecule has 2 heterocycles. The summed E-state index contributed by atoms with van der Waals surface area (Å²) in [5.74, 6) is -1.63. The lowest BCUT2D eigenvalue weighted by Gasteiger charge is -2.11. The maximum atomic E-state index is 13.4. The normalized spacial score (nSPS) is 12.9. The van der Waals surface area contributed by atoms with Gasteiger partial charge in [0.15, 0.2) is 0 Å². The third-order valence-corrected chi connectivity index (χ3v) is 4.32. The summed E-state index contributed by atoms with van der Waals surface area (Å²) in [4.78, 5) is 7.37. The first-order chi connectivity index (χ1) is 10.6. The van der Waals surface area contributed by atoms with Crippen molar-refractivity contribution in [2.24, 2.45) is 0 Å². The predicted molar refractivity (Wildman–Crippen MR) is 73.8 cm³/mol. The molecule has 12 heteroatoms. The quantitative estimate of drug-likeness (QED) is 0.366. The number of hydrogen-bond acceptors (Lipinski definition) is 5. The number of benzene rings is 1. The van der Waals surface area contributed by atoms with Crippen LogP contribution in [0.4, 0.5) is 17.6 Å². The molecule has 0 aliphatic rings. The molecule has 0 aliphatic carbocycles. The number of alkyl halides is 3. The first kappa shape index (κ1) is 15.9. The molecule has 0 amide bonds. The maximum absolute atomic E-state index is 13.4. The van der Waals surface area contributed by atoms with Gasteiger partial charge in [0, 0.05) is 22.9 Å². The van der Waals surface area contributed by atoms with Gasteiger partial charge in [0.1, 0.15) is 5.82 Å². The first-order valence-electron chi connectivity index (χ1n) is 5.73. The summed E-state index contributed by atoms with van der Waals surface area (Å²) < 4.78 is 78.6. The van der Waals surface area contributed by atoms with Crippen molar-refractivity contribution in [3.8, 4) is 5.88 Å². The van der Waals surface area contributed by atoms with Gasteiger partial charge in [-0.05, 0) is 22.0 Å². The van der Waals surface area contributed by atoms with Gasteiger partial charge in [-0.3, -0.25) is 4.40 Å². The zero-order chi connectivity index (χ0) is 17.0. The molecule has 6 nitrogen and oxygen atoms in total. The van der Waals surface area contributed by atoms with Gasteiger partial charge < -0.3 is 4.18 Å². The average Bonchev–Trinajstić information content (AvgIpc) is 2.85. The fourth-order valence-electron chi connectivity index (χ4n) is 1.88. The Labute approximate surface area is 134 Å². The number of imidazole rings is 1. The summed E-state index contributed by atoms with van der Waals surface area (Å²) >= 11 is 3.10. The number of nitrogens with zero attached hydrogens (tertiary/aromatic N) is 3. The molecular formula is C11H4BrF4N3O3S. The Balaban J connectivity index is 2.31. The second-order valence-corrected chi connectivity index (χ2v) is 6.67. The van der Waals surface area contributed by atoms with Crippen LogP contribution in [0.1, 0.15) is 0 Å². The molecule has 0 spiro atoms. The van der Waals surface area contributed by atoms with Gasteiger partial charge in [-0.2, -0.15) is 21.6 Å². The fourth-order valence-corrected chi connectivity index (χ4v) is 2.91. The third-order valence-electron chi connectivity index (χ3n) is 2.78. The van der Waals surface area contributed by atoms with Crippen LogP contribution in [-0.2, 0) is 10.1 Å². The minimum Gasteiger partial charge on any atom is -0.351 e. The molecule has 122 valence electrons. The zero-order valence-corrected chi connectivity index (χ0v) is 13.1. The largest absolute Gasteiger partial charge is 0.534 e. The van der Waals surface area contributed by atoms with Crippen molar-refractivity contribution < 1.29 is 30.2 Å². The molecule has 0 unspecified atom stereocenters. The standard InChI is InChI=1S/C11H4BrF4N3O3S/c12-6-3-5(13)4-7-8(6)19-2-1-17-9(19)10(18-7)22-23(20,21)11(14,15)16/h1-4H.